The molecule has 1 fully saturated rings. The highest BCUT2D eigenvalue weighted by Crippen LogP contribution is 2.24. The second-order valence-electron chi connectivity index (χ2n) is 7.11. The summed E-state index contributed by atoms with van der Waals surface area (Å²) in [7, 11) is 0. The summed E-state index contributed by atoms with van der Waals surface area (Å²) in [5.41, 5.74) is 7.14. The number of aromatic nitrogens is 1. The Balaban J connectivity index is 1.62. The van der Waals surface area contributed by atoms with Gasteiger partial charge < -0.3 is 25.7 Å². The molecule has 0 spiro atoms. The molecule has 0 saturated carbocycles. The van der Waals surface area contributed by atoms with Crippen LogP contribution in [0.15, 0.2) is 36.5 Å². The number of pyridine rings is 1. The number of esters is 1. The molecule has 3 rings (SSSR count). The van der Waals surface area contributed by atoms with Crippen molar-refractivity contribution in [2.24, 2.45) is 5.73 Å². The van der Waals surface area contributed by atoms with Gasteiger partial charge in [-0.3, -0.25) is 9.59 Å². The van der Waals surface area contributed by atoms with Gasteiger partial charge in [0.15, 0.2) is 11.6 Å². The van der Waals surface area contributed by atoms with Gasteiger partial charge in [0.25, 0.3) is 0 Å². The molecule has 0 aliphatic carbocycles. The smallest absolute Gasteiger partial charge is 0.311 e. The minimum absolute atomic E-state index is 0.109. The third kappa shape index (κ3) is 5.11. The van der Waals surface area contributed by atoms with Gasteiger partial charge >= 0.3 is 5.97 Å². The van der Waals surface area contributed by atoms with Gasteiger partial charge in [-0.2, -0.15) is 0 Å². The van der Waals surface area contributed by atoms with E-state index in [4.69, 9.17) is 15.9 Å². The fourth-order valence-corrected chi connectivity index (χ4v) is 3.24. The Morgan fingerprint density at radius 3 is 2.37 bits per heavy atom. The summed E-state index contributed by atoms with van der Waals surface area (Å²) in [5, 5.41) is 7.31. The molecule has 1 aliphatic heterocycles. The summed E-state index contributed by atoms with van der Waals surface area (Å²) in [6.45, 7) is 3.77. The molecule has 1 aromatic carbocycles. The van der Waals surface area contributed by atoms with E-state index < -0.39 is 17.7 Å². The van der Waals surface area contributed by atoms with Gasteiger partial charge in [0.05, 0.1) is 6.42 Å². The van der Waals surface area contributed by atoms with E-state index in [1.807, 2.05) is 17.0 Å². The number of nitrogens with two attached hydrogens (primary N) is 1. The number of carbonyl (C=O) groups is 2. The minimum atomic E-state index is -0.559. The Labute approximate surface area is 173 Å². The fourth-order valence-electron chi connectivity index (χ4n) is 3.24. The van der Waals surface area contributed by atoms with Crippen molar-refractivity contribution < 1.29 is 18.7 Å². The lowest BCUT2D eigenvalue weighted by atomic mass is 10.1. The zero-order valence-electron chi connectivity index (χ0n) is 16.7. The van der Waals surface area contributed by atoms with Gasteiger partial charge in [-0.05, 0) is 37.3 Å². The number of benzene rings is 1. The van der Waals surface area contributed by atoms with Crippen molar-refractivity contribution >= 4 is 29.1 Å². The molecule has 0 bridgehead atoms. The molecule has 3 N–H and O–H groups in total. The lowest BCUT2D eigenvalue weighted by Gasteiger charge is -2.37. The van der Waals surface area contributed by atoms with E-state index in [0.717, 1.165) is 5.69 Å². The number of halogens is 1. The van der Waals surface area contributed by atoms with E-state index in [1.54, 1.807) is 12.1 Å². The van der Waals surface area contributed by atoms with Crippen LogP contribution < -0.4 is 15.5 Å². The van der Waals surface area contributed by atoms with Crippen LogP contribution in [0.5, 0.6) is 0 Å². The van der Waals surface area contributed by atoms with Gasteiger partial charge in [0, 0.05) is 54.9 Å². The van der Waals surface area contributed by atoms with E-state index in [0.29, 0.717) is 31.7 Å². The number of ether oxygens (including phenoxy) is 1. The molecule has 1 amide bonds. The number of nitrogens with zero attached hydrogens (tertiary/aromatic N) is 3. The van der Waals surface area contributed by atoms with Crippen LogP contribution in [0.2, 0.25) is 0 Å². The minimum Gasteiger partial charge on any atom is -0.460 e. The molecule has 2 heterocycles. The molecule has 0 unspecified atom stereocenters. The van der Waals surface area contributed by atoms with Crippen LogP contribution in [-0.4, -0.2) is 48.8 Å². The summed E-state index contributed by atoms with van der Waals surface area (Å²) < 4.78 is 20.0. The number of carbonyl (C=O) groups excluding carboxylic acids is 2. The normalized spacial score (nSPS) is 13.8. The number of hydrogen-bond acceptors (Lipinski definition) is 7. The summed E-state index contributed by atoms with van der Waals surface area (Å²) in [6, 6.07) is 8.56. The van der Waals surface area contributed by atoms with Crippen LogP contribution in [0.4, 0.5) is 15.9 Å². The summed E-state index contributed by atoms with van der Waals surface area (Å²) in [6.07, 6.45) is 1.39. The Hall–Kier alpha value is -3.49. The van der Waals surface area contributed by atoms with Crippen molar-refractivity contribution in [1.82, 2.24) is 4.98 Å². The van der Waals surface area contributed by atoms with E-state index in [9.17, 15) is 14.0 Å². The molecule has 30 heavy (non-hydrogen) atoms. The van der Waals surface area contributed by atoms with Crippen LogP contribution in [0.1, 0.15) is 29.3 Å². The topological polar surface area (TPSA) is 113 Å². The van der Waals surface area contributed by atoms with Crippen LogP contribution in [-0.2, 0) is 16.1 Å². The standard InChI is InChI=1S/C21H24FN5O3/c1-14(23)12-18(28)30-13-16-6-7-25-21(19(16)22)27-10-8-26(9-11-27)17-4-2-15(3-5-17)20(24)29/h2-7,23H,8-13H2,1H3,(H2,24,29). The summed E-state index contributed by atoms with van der Waals surface area (Å²) in [5.74, 6) is -1.30. The molecule has 0 radical (unpaired) electrons. The van der Waals surface area contributed by atoms with Gasteiger partial charge in [0.2, 0.25) is 5.91 Å². The van der Waals surface area contributed by atoms with E-state index in [-0.39, 0.29) is 30.1 Å². The van der Waals surface area contributed by atoms with Crippen molar-refractivity contribution in [2.75, 3.05) is 36.0 Å². The van der Waals surface area contributed by atoms with E-state index >= 15 is 0 Å². The molecule has 1 aliphatic rings. The molecule has 9 heteroatoms. The largest absolute Gasteiger partial charge is 0.460 e. The van der Waals surface area contributed by atoms with Gasteiger partial charge in [-0.15, -0.1) is 0 Å². The average Bonchev–Trinajstić information content (AvgIpc) is 2.73. The zero-order chi connectivity index (χ0) is 21.7. The molecular weight excluding hydrogens is 389 g/mol. The monoisotopic (exact) mass is 413 g/mol. The first-order chi connectivity index (χ1) is 14.3. The molecule has 0 atom stereocenters. The van der Waals surface area contributed by atoms with Crippen molar-refractivity contribution in [2.45, 2.75) is 20.0 Å². The molecule has 1 saturated heterocycles. The molecule has 1 aromatic heterocycles. The number of anilines is 2. The van der Waals surface area contributed by atoms with E-state index in [1.165, 1.54) is 19.2 Å². The van der Waals surface area contributed by atoms with Crippen LogP contribution >= 0.6 is 0 Å². The van der Waals surface area contributed by atoms with E-state index in [2.05, 4.69) is 9.88 Å². The predicted octanol–water partition coefficient (Wildman–Crippen LogP) is 2.12. The second kappa shape index (κ2) is 9.34. The molecular formula is C21H24FN5O3. The quantitative estimate of drug-likeness (QED) is 0.531. The Kier molecular flexibility index (Phi) is 6.61. The van der Waals surface area contributed by atoms with Crippen LogP contribution in [0.25, 0.3) is 0 Å². The predicted molar refractivity (Wildman–Crippen MR) is 111 cm³/mol. The second-order valence-corrected chi connectivity index (χ2v) is 7.11. The first-order valence-corrected chi connectivity index (χ1v) is 9.58. The Morgan fingerprint density at radius 1 is 1.13 bits per heavy atom. The van der Waals surface area contributed by atoms with Crippen molar-refractivity contribution in [1.29, 1.82) is 5.41 Å². The molecule has 158 valence electrons. The first-order valence-electron chi connectivity index (χ1n) is 9.58. The fraction of sp³-hybridized carbons (Fsp3) is 0.333. The SMILES string of the molecule is CC(=N)CC(=O)OCc1ccnc(N2CCN(c3ccc(C(N)=O)cc3)CC2)c1F. The van der Waals surface area contributed by atoms with Crippen LogP contribution in [0, 0.1) is 11.2 Å². The maximum atomic E-state index is 14.9. The van der Waals surface area contributed by atoms with Crippen molar-refractivity contribution in [3.8, 4) is 0 Å². The van der Waals surface area contributed by atoms with Gasteiger partial charge in [0.1, 0.15) is 6.61 Å². The number of piperazine rings is 1. The molecule has 8 nitrogen and oxygen atoms in total. The molecule has 2 aromatic rings. The first kappa shape index (κ1) is 21.2. The average molecular weight is 413 g/mol. The highest BCUT2D eigenvalue weighted by atomic mass is 19.1. The number of hydrogen-bond donors (Lipinski definition) is 2. The van der Waals surface area contributed by atoms with Crippen molar-refractivity contribution in [3.05, 3.63) is 53.5 Å². The third-order valence-electron chi connectivity index (χ3n) is 4.85. The maximum absolute atomic E-state index is 14.9. The van der Waals surface area contributed by atoms with Gasteiger partial charge in [-0.1, -0.05) is 0 Å². The summed E-state index contributed by atoms with van der Waals surface area (Å²) >= 11 is 0. The highest BCUT2D eigenvalue weighted by Gasteiger charge is 2.22. The maximum Gasteiger partial charge on any atom is 0.311 e. The lowest BCUT2D eigenvalue weighted by Crippen LogP contribution is -2.47. The highest BCUT2D eigenvalue weighted by molar-refractivity contribution is 5.95. The third-order valence-corrected chi connectivity index (χ3v) is 4.85. The number of amides is 1. The Bertz CT molecular complexity index is 940. The number of primary amides is 1. The zero-order valence-corrected chi connectivity index (χ0v) is 16.7. The van der Waals surface area contributed by atoms with Crippen LogP contribution in [0.3, 0.4) is 0 Å². The number of nitrogens with one attached hydrogen (secondary N) is 1. The summed E-state index contributed by atoms with van der Waals surface area (Å²) in [4.78, 5) is 31.0. The number of rotatable bonds is 7. The van der Waals surface area contributed by atoms with Gasteiger partial charge in [-0.25, -0.2) is 9.37 Å². The Morgan fingerprint density at radius 2 is 1.77 bits per heavy atom. The lowest BCUT2D eigenvalue weighted by molar-refractivity contribution is -0.143. The van der Waals surface area contributed by atoms with Crippen molar-refractivity contribution in [3.63, 3.8) is 0 Å².